The van der Waals surface area contributed by atoms with Crippen molar-refractivity contribution in [2.24, 2.45) is 5.92 Å². The Balaban J connectivity index is 1.49. The molecular formula is C39H51N9O8. The second-order valence-corrected chi connectivity index (χ2v) is 13.8. The van der Waals surface area contributed by atoms with Crippen LogP contribution in [-0.4, -0.2) is 114 Å². The molecular weight excluding hydrogens is 722 g/mol. The number of methoxy groups -OCH3 is 3. The highest BCUT2D eigenvalue weighted by Gasteiger charge is 2.33. The lowest BCUT2D eigenvalue weighted by atomic mass is 9.96. The summed E-state index contributed by atoms with van der Waals surface area (Å²) in [4.78, 5) is 77.4. The normalized spacial score (nSPS) is 19.5. The summed E-state index contributed by atoms with van der Waals surface area (Å²) < 4.78 is 17.3. The van der Waals surface area contributed by atoms with Crippen LogP contribution in [0.1, 0.15) is 56.0 Å². The van der Waals surface area contributed by atoms with Crippen LogP contribution in [0, 0.1) is 5.92 Å². The van der Waals surface area contributed by atoms with E-state index in [0.29, 0.717) is 29.6 Å². The monoisotopic (exact) mass is 773 g/mol. The van der Waals surface area contributed by atoms with E-state index in [-0.39, 0.29) is 45.0 Å². The molecule has 2 aromatic heterocycles. The maximum absolute atomic E-state index is 14.2. The number of amides is 5. The number of ether oxygens (including phenoxy) is 3. The minimum Gasteiger partial charge on any atom is -0.493 e. The third-order valence-electron chi connectivity index (χ3n) is 9.80. The van der Waals surface area contributed by atoms with E-state index < -0.39 is 54.2 Å². The number of hydrogen-bond donors (Lipinski definition) is 5. The van der Waals surface area contributed by atoms with Crippen molar-refractivity contribution in [2.75, 3.05) is 47.6 Å². The smallest absolute Gasteiger partial charge is 0.249 e. The standard InChI is InChI=1S/C39H51N9O8/c1-7-23(2)36-39(53)42-24(3)37-44-32(17-25-12-13-30(55-5)31(16-25)56-6)46-48(37)21-33(49)40-14-15-47(35(51)22-54-4)20-34(50)43-29(38(52)45-36)18-26-19-41-28-11-9-8-10-27(26)28/h8-13,16,19,23-24,29,36,41H,7,14-15,17-18,20-22H2,1-6H3,(H,40,49)(H,42,53)(H,43,50)(H,45,52)/t23-,24+,29+,36-/m0/s1. The highest BCUT2D eigenvalue weighted by atomic mass is 16.5. The highest BCUT2D eigenvalue weighted by molar-refractivity contribution is 5.94. The van der Waals surface area contributed by atoms with E-state index in [2.05, 4.69) is 31.3 Å². The number of para-hydroxylation sites is 1. The number of aromatic nitrogens is 4. The fraction of sp³-hybridized carbons (Fsp3) is 0.462. The Labute approximate surface area is 325 Å². The van der Waals surface area contributed by atoms with Gasteiger partial charge in [-0.15, -0.1) is 0 Å². The van der Waals surface area contributed by atoms with Crippen LogP contribution in [0.3, 0.4) is 0 Å². The van der Waals surface area contributed by atoms with Gasteiger partial charge in [0.2, 0.25) is 29.5 Å². The first-order chi connectivity index (χ1) is 26.9. The number of carbonyl (C=O) groups excluding carboxylic acids is 5. The van der Waals surface area contributed by atoms with Crippen molar-refractivity contribution in [1.82, 2.24) is 45.9 Å². The van der Waals surface area contributed by atoms with E-state index >= 15 is 0 Å². The number of H-pyrrole nitrogens is 1. The molecule has 5 rings (SSSR count). The second-order valence-electron chi connectivity index (χ2n) is 13.8. The molecule has 17 heteroatoms. The summed E-state index contributed by atoms with van der Waals surface area (Å²) >= 11 is 0. The second kappa shape index (κ2) is 19.1. The number of rotatable bonds is 10. The number of benzene rings is 2. The van der Waals surface area contributed by atoms with Crippen LogP contribution in [0.2, 0.25) is 0 Å². The highest BCUT2D eigenvalue weighted by Crippen LogP contribution is 2.28. The molecule has 3 heterocycles. The Bertz CT molecular complexity index is 2030. The first kappa shape index (κ1) is 41.2. The number of nitrogens with one attached hydrogen (secondary N) is 5. The van der Waals surface area contributed by atoms with E-state index in [4.69, 9.17) is 19.2 Å². The number of nitrogens with zero attached hydrogens (tertiary/aromatic N) is 4. The molecule has 0 spiro atoms. The lowest BCUT2D eigenvalue weighted by Crippen LogP contribution is -2.57. The zero-order valence-corrected chi connectivity index (χ0v) is 32.6. The third-order valence-corrected chi connectivity index (χ3v) is 9.80. The minimum absolute atomic E-state index is 0.00618. The zero-order valence-electron chi connectivity index (χ0n) is 32.6. The molecule has 0 saturated carbocycles. The minimum atomic E-state index is -1.11. The van der Waals surface area contributed by atoms with E-state index in [0.717, 1.165) is 22.0 Å². The molecule has 2 aromatic carbocycles. The van der Waals surface area contributed by atoms with Gasteiger partial charge < -0.3 is 45.4 Å². The van der Waals surface area contributed by atoms with Crippen molar-refractivity contribution in [3.05, 3.63) is 71.4 Å². The van der Waals surface area contributed by atoms with Crippen LogP contribution >= 0.6 is 0 Å². The van der Waals surface area contributed by atoms with Crippen molar-refractivity contribution >= 4 is 40.4 Å². The van der Waals surface area contributed by atoms with Gasteiger partial charge in [0.05, 0.1) is 26.8 Å². The molecule has 0 saturated heterocycles. The predicted octanol–water partition coefficient (Wildman–Crippen LogP) is 1.41. The predicted molar refractivity (Wildman–Crippen MR) is 206 cm³/mol. The number of hydrogen-bond acceptors (Lipinski definition) is 10. The van der Waals surface area contributed by atoms with Gasteiger partial charge in [0, 0.05) is 50.1 Å². The molecule has 4 aromatic rings. The molecule has 4 atom stereocenters. The van der Waals surface area contributed by atoms with Gasteiger partial charge in [0.15, 0.2) is 17.3 Å². The summed E-state index contributed by atoms with van der Waals surface area (Å²) in [7, 11) is 4.46. The molecule has 1 aliphatic heterocycles. The summed E-state index contributed by atoms with van der Waals surface area (Å²) in [6.07, 6.45) is 2.71. The van der Waals surface area contributed by atoms with Crippen molar-refractivity contribution in [2.45, 2.75) is 64.7 Å². The summed E-state index contributed by atoms with van der Waals surface area (Å²) in [6, 6.07) is 10.2. The molecule has 5 amide bonds. The Morgan fingerprint density at radius 1 is 0.946 bits per heavy atom. The average Bonchev–Trinajstić information content (AvgIpc) is 3.78. The number of aromatic amines is 1. The van der Waals surface area contributed by atoms with Gasteiger partial charge in [-0.1, -0.05) is 44.5 Å². The van der Waals surface area contributed by atoms with Crippen LogP contribution in [0.25, 0.3) is 10.9 Å². The molecule has 0 radical (unpaired) electrons. The summed E-state index contributed by atoms with van der Waals surface area (Å²) in [5.41, 5.74) is 2.46. The number of fused-ring (bicyclic) bond motifs is 2. The number of carbonyl (C=O) groups is 5. The topological polar surface area (TPSA) is 211 Å². The Kier molecular flexibility index (Phi) is 14.0. The van der Waals surface area contributed by atoms with E-state index in [9.17, 15) is 24.0 Å². The molecule has 0 unspecified atom stereocenters. The van der Waals surface area contributed by atoms with E-state index in [1.54, 1.807) is 33.4 Å². The third kappa shape index (κ3) is 10.2. The summed E-state index contributed by atoms with van der Waals surface area (Å²) in [5.74, 6) is -1.07. The molecule has 1 aliphatic rings. The maximum atomic E-state index is 14.2. The van der Waals surface area contributed by atoms with Gasteiger partial charge in [0.25, 0.3) is 0 Å². The first-order valence-electron chi connectivity index (χ1n) is 18.6. The Hall–Kier alpha value is -5.97. The Morgan fingerprint density at radius 3 is 2.45 bits per heavy atom. The van der Waals surface area contributed by atoms with Crippen molar-refractivity contribution in [1.29, 1.82) is 0 Å². The summed E-state index contributed by atoms with van der Waals surface area (Å²) in [5, 5.41) is 17.0. The largest absolute Gasteiger partial charge is 0.493 e. The molecule has 17 nitrogen and oxygen atoms in total. The van der Waals surface area contributed by atoms with E-state index in [1.807, 2.05) is 50.2 Å². The van der Waals surface area contributed by atoms with Gasteiger partial charge in [-0.3, -0.25) is 24.0 Å². The van der Waals surface area contributed by atoms with Crippen LogP contribution < -0.4 is 30.7 Å². The van der Waals surface area contributed by atoms with Gasteiger partial charge in [-0.2, -0.15) is 5.10 Å². The Morgan fingerprint density at radius 2 is 1.71 bits per heavy atom. The summed E-state index contributed by atoms with van der Waals surface area (Å²) in [6.45, 7) is 4.52. The lowest BCUT2D eigenvalue weighted by molar-refractivity contribution is -0.140. The fourth-order valence-electron chi connectivity index (χ4n) is 6.58. The van der Waals surface area contributed by atoms with Crippen LogP contribution in [0.15, 0.2) is 48.7 Å². The quantitative estimate of drug-likeness (QED) is 0.156. The van der Waals surface area contributed by atoms with E-state index in [1.165, 1.54) is 16.7 Å². The molecule has 0 bridgehead atoms. The van der Waals surface area contributed by atoms with Crippen LogP contribution in [-0.2, 0) is 48.1 Å². The fourth-order valence-corrected chi connectivity index (χ4v) is 6.58. The molecule has 0 fully saturated rings. The molecule has 56 heavy (non-hydrogen) atoms. The van der Waals surface area contributed by atoms with Crippen LogP contribution in [0.4, 0.5) is 0 Å². The van der Waals surface area contributed by atoms with Crippen molar-refractivity contribution in [3.63, 3.8) is 0 Å². The van der Waals surface area contributed by atoms with Gasteiger partial charge in [-0.25, -0.2) is 9.67 Å². The molecule has 5 N–H and O–H groups in total. The lowest BCUT2D eigenvalue weighted by Gasteiger charge is -2.28. The maximum Gasteiger partial charge on any atom is 0.249 e. The molecule has 300 valence electrons. The van der Waals surface area contributed by atoms with Crippen molar-refractivity contribution in [3.8, 4) is 11.5 Å². The van der Waals surface area contributed by atoms with Gasteiger partial charge >= 0.3 is 0 Å². The van der Waals surface area contributed by atoms with Crippen LogP contribution in [0.5, 0.6) is 11.5 Å². The first-order valence-corrected chi connectivity index (χ1v) is 18.6. The molecule has 0 aliphatic carbocycles. The zero-order chi connectivity index (χ0) is 40.4. The van der Waals surface area contributed by atoms with Gasteiger partial charge in [0.1, 0.15) is 31.1 Å². The van der Waals surface area contributed by atoms with Crippen molar-refractivity contribution < 1.29 is 38.2 Å². The average molecular weight is 774 g/mol. The SMILES string of the molecule is CC[C@H](C)[C@@H]1NC(=O)[C@@H](Cc2c[nH]c3ccccc23)NC(=O)CN(C(=O)COC)CCNC(=O)Cn2nc(Cc3ccc(OC)c(OC)c3)nc2[C@@H](C)NC1=O. The van der Waals surface area contributed by atoms with Gasteiger partial charge in [-0.05, 0) is 42.2 Å².